The Morgan fingerprint density at radius 2 is 2.10 bits per heavy atom. The van der Waals surface area contributed by atoms with Gasteiger partial charge in [0.05, 0.1) is 5.52 Å². The molecular weight excluding hydrogens is 258 g/mol. The molecule has 1 aromatic heterocycles. The summed E-state index contributed by atoms with van der Waals surface area (Å²) in [6.07, 6.45) is 5.81. The third kappa shape index (κ3) is 3.35. The van der Waals surface area contributed by atoms with Gasteiger partial charge in [0, 0.05) is 29.9 Å². The van der Waals surface area contributed by atoms with Crippen molar-refractivity contribution in [3.05, 3.63) is 36.0 Å². The molecule has 2 N–H and O–H groups in total. The molecule has 0 spiro atoms. The summed E-state index contributed by atoms with van der Waals surface area (Å²) in [6, 6.07) is 8.97. The predicted octanol–water partition coefficient (Wildman–Crippen LogP) is 3.83. The molecule has 0 unspecified atom stereocenters. The standard InChI is InChI=1S/C18H25N3/c1-13(2)9-11-21(15-6-7-15)12-14-5-8-17(19)16-4-3-10-20-18(14)16/h3-5,8,10,13,15H,6-7,9,11-12,19H2,1-2H3. The van der Waals surface area contributed by atoms with Gasteiger partial charge in [0.1, 0.15) is 0 Å². The first kappa shape index (κ1) is 14.3. The number of benzene rings is 1. The normalized spacial score (nSPS) is 15.2. The molecule has 0 atom stereocenters. The number of pyridine rings is 1. The molecule has 2 aromatic rings. The number of nitrogen functional groups attached to an aromatic ring is 1. The Hall–Kier alpha value is -1.61. The zero-order valence-electron chi connectivity index (χ0n) is 13.0. The van der Waals surface area contributed by atoms with Crippen LogP contribution in [0, 0.1) is 5.92 Å². The Labute approximate surface area is 127 Å². The summed E-state index contributed by atoms with van der Waals surface area (Å²) in [5.74, 6) is 0.757. The minimum Gasteiger partial charge on any atom is -0.398 e. The van der Waals surface area contributed by atoms with E-state index in [-0.39, 0.29) is 0 Å². The van der Waals surface area contributed by atoms with Crippen molar-refractivity contribution in [1.82, 2.24) is 9.88 Å². The summed E-state index contributed by atoms with van der Waals surface area (Å²) >= 11 is 0. The number of nitrogens with two attached hydrogens (primary N) is 1. The number of anilines is 1. The Kier molecular flexibility index (Phi) is 4.11. The molecule has 3 heteroatoms. The van der Waals surface area contributed by atoms with E-state index in [1.54, 1.807) is 0 Å². The number of nitrogens with zero attached hydrogens (tertiary/aromatic N) is 2. The molecule has 112 valence electrons. The van der Waals surface area contributed by atoms with Crippen LogP contribution in [0.1, 0.15) is 38.7 Å². The molecule has 1 heterocycles. The molecule has 0 aliphatic heterocycles. The van der Waals surface area contributed by atoms with Gasteiger partial charge >= 0.3 is 0 Å². The maximum absolute atomic E-state index is 6.07. The van der Waals surface area contributed by atoms with Crippen molar-refractivity contribution in [2.75, 3.05) is 12.3 Å². The van der Waals surface area contributed by atoms with E-state index in [1.807, 2.05) is 18.3 Å². The van der Waals surface area contributed by atoms with Crippen molar-refractivity contribution in [3.8, 4) is 0 Å². The fourth-order valence-electron chi connectivity index (χ4n) is 2.85. The van der Waals surface area contributed by atoms with Crippen LogP contribution in [0.3, 0.4) is 0 Å². The highest BCUT2D eigenvalue weighted by Gasteiger charge is 2.29. The highest BCUT2D eigenvalue weighted by atomic mass is 15.2. The second kappa shape index (κ2) is 6.02. The first-order valence-corrected chi connectivity index (χ1v) is 8.01. The summed E-state index contributed by atoms with van der Waals surface area (Å²) < 4.78 is 0. The van der Waals surface area contributed by atoms with Crippen molar-refractivity contribution in [2.45, 2.75) is 45.7 Å². The Balaban J connectivity index is 1.84. The van der Waals surface area contributed by atoms with Crippen LogP contribution in [0.15, 0.2) is 30.5 Å². The zero-order valence-corrected chi connectivity index (χ0v) is 13.0. The molecule has 1 aliphatic carbocycles. The van der Waals surface area contributed by atoms with Gasteiger partial charge in [0.25, 0.3) is 0 Å². The van der Waals surface area contributed by atoms with Crippen LogP contribution in [-0.4, -0.2) is 22.5 Å². The molecule has 0 saturated heterocycles. The third-order valence-electron chi connectivity index (χ3n) is 4.32. The quantitative estimate of drug-likeness (QED) is 0.819. The van der Waals surface area contributed by atoms with E-state index in [9.17, 15) is 0 Å². The van der Waals surface area contributed by atoms with Gasteiger partial charge in [-0.05, 0) is 55.5 Å². The molecular formula is C18H25N3. The average Bonchev–Trinajstić information content (AvgIpc) is 3.30. The Bertz CT molecular complexity index is 617. The van der Waals surface area contributed by atoms with Gasteiger partial charge in [0.2, 0.25) is 0 Å². The molecule has 0 radical (unpaired) electrons. The topological polar surface area (TPSA) is 42.1 Å². The molecule has 0 amide bonds. The van der Waals surface area contributed by atoms with Gasteiger partial charge in [-0.25, -0.2) is 0 Å². The summed E-state index contributed by atoms with van der Waals surface area (Å²) in [5.41, 5.74) is 9.26. The minimum atomic E-state index is 0.757. The van der Waals surface area contributed by atoms with E-state index in [4.69, 9.17) is 5.73 Å². The van der Waals surface area contributed by atoms with Crippen molar-refractivity contribution < 1.29 is 0 Å². The summed E-state index contributed by atoms with van der Waals surface area (Å²) in [5, 5.41) is 1.08. The van der Waals surface area contributed by atoms with E-state index in [2.05, 4.69) is 35.9 Å². The first-order chi connectivity index (χ1) is 10.1. The number of hydrogen-bond donors (Lipinski definition) is 1. The maximum Gasteiger partial charge on any atom is 0.0767 e. The molecule has 1 aliphatic rings. The van der Waals surface area contributed by atoms with Crippen LogP contribution in [-0.2, 0) is 6.54 Å². The summed E-state index contributed by atoms with van der Waals surface area (Å²) in [6.45, 7) is 6.77. The smallest absolute Gasteiger partial charge is 0.0767 e. The molecule has 1 aromatic carbocycles. The predicted molar refractivity (Wildman–Crippen MR) is 89.0 cm³/mol. The fourth-order valence-corrected chi connectivity index (χ4v) is 2.85. The van der Waals surface area contributed by atoms with E-state index in [0.717, 1.165) is 35.1 Å². The monoisotopic (exact) mass is 283 g/mol. The second-order valence-electron chi connectivity index (χ2n) is 6.60. The van der Waals surface area contributed by atoms with Crippen molar-refractivity contribution in [3.63, 3.8) is 0 Å². The molecule has 3 rings (SSSR count). The third-order valence-corrected chi connectivity index (χ3v) is 4.32. The maximum atomic E-state index is 6.07. The van der Waals surface area contributed by atoms with Crippen molar-refractivity contribution in [2.24, 2.45) is 5.92 Å². The summed E-state index contributed by atoms with van der Waals surface area (Å²) in [7, 11) is 0. The largest absolute Gasteiger partial charge is 0.398 e. The SMILES string of the molecule is CC(C)CCN(Cc1ccc(N)c2cccnc12)C1CC1. The van der Waals surface area contributed by atoms with Crippen LogP contribution in [0.25, 0.3) is 10.9 Å². The van der Waals surface area contributed by atoms with E-state index < -0.39 is 0 Å². The van der Waals surface area contributed by atoms with Crippen molar-refractivity contribution in [1.29, 1.82) is 0 Å². The highest BCUT2D eigenvalue weighted by Crippen LogP contribution is 2.31. The van der Waals surface area contributed by atoms with Gasteiger partial charge in [-0.2, -0.15) is 0 Å². The van der Waals surface area contributed by atoms with E-state index >= 15 is 0 Å². The number of hydrogen-bond acceptors (Lipinski definition) is 3. The number of aromatic nitrogens is 1. The fraction of sp³-hybridized carbons (Fsp3) is 0.500. The van der Waals surface area contributed by atoms with Crippen LogP contribution >= 0.6 is 0 Å². The first-order valence-electron chi connectivity index (χ1n) is 8.01. The van der Waals surface area contributed by atoms with Gasteiger partial charge in [-0.1, -0.05) is 19.9 Å². The van der Waals surface area contributed by atoms with Crippen LogP contribution in [0.2, 0.25) is 0 Å². The highest BCUT2D eigenvalue weighted by molar-refractivity contribution is 5.92. The average molecular weight is 283 g/mol. The summed E-state index contributed by atoms with van der Waals surface area (Å²) in [4.78, 5) is 7.19. The van der Waals surface area contributed by atoms with Gasteiger partial charge in [-0.15, -0.1) is 0 Å². The van der Waals surface area contributed by atoms with E-state index in [1.165, 1.54) is 31.4 Å². The lowest BCUT2D eigenvalue weighted by atomic mass is 10.1. The molecule has 1 fully saturated rings. The molecule has 21 heavy (non-hydrogen) atoms. The lowest BCUT2D eigenvalue weighted by Gasteiger charge is -2.23. The van der Waals surface area contributed by atoms with Crippen molar-refractivity contribution >= 4 is 16.6 Å². The lowest BCUT2D eigenvalue weighted by molar-refractivity contribution is 0.240. The molecule has 3 nitrogen and oxygen atoms in total. The number of fused-ring (bicyclic) bond motifs is 1. The molecule has 1 saturated carbocycles. The van der Waals surface area contributed by atoms with Crippen LogP contribution < -0.4 is 5.73 Å². The van der Waals surface area contributed by atoms with Crippen LogP contribution in [0.5, 0.6) is 0 Å². The number of rotatable bonds is 6. The van der Waals surface area contributed by atoms with Gasteiger partial charge in [0.15, 0.2) is 0 Å². The molecule has 0 bridgehead atoms. The zero-order chi connectivity index (χ0) is 14.8. The Morgan fingerprint density at radius 3 is 2.81 bits per heavy atom. The van der Waals surface area contributed by atoms with Gasteiger partial charge < -0.3 is 5.73 Å². The lowest BCUT2D eigenvalue weighted by Crippen LogP contribution is -2.27. The minimum absolute atomic E-state index is 0.757. The second-order valence-corrected chi connectivity index (χ2v) is 6.60. The van der Waals surface area contributed by atoms with E-state index in [0.29, 0.717) is 0 Å². The van der Waals surface area contributed by atoms with Gasteiger partial charge in [-0.3, -0.25) is 9.88 Å². The van der Waals surface area contributed by atoms with Crippen LogP contribution in [0.4, 0.5) is 5.69 Å². The Morgan fingerprint density at radius 1 is 1.29 bits per heavy atom.